The fourth-order valence-corrected chi connectivity index (χ4v) is 3.72. The first kappa shape index (κ1) is 22.5. The van der Waals surface area contributed by atoms with Crippen molar-refractivity contribution in [3.63, 3.8) is 0 Å². The normalized spacial score (nSPS) is 18.4. The number of hydrogen-bond donors (Lipinski definition) is 1. The van der Waals surface area contributed by atoms with Crippen molar-refractivity contribution in [1.29, 1.82) is 0 Å². The molecule has 9 heteroatoms. The van der Waals surface area contributed by atoms with Crippen LogP contribution in [0.5, 0.6) is 0 Å². The standard InChI is InChI=1S/C19H33F3N6/c1-6-23-18(24-10-17-14(3)25-26(5)15(17)4)28-9-8-16(12-28)11-27(7-2)13-19(20,21)22/h16H,6-13H2,1-5H3,(H,23,24). The van der Waals surface area contributed by atoms with Crippen LogP contribution in [-0.2, 0) is 13.6 Å². The summed E-state index contributed by atoms with van der Waals surface area (Å²) in [5.74, 6) is 1.04. The zero-order valence-electron chi connectivity index (χ0n) is 17.6. The maximum atomic E-state index is 12.7. The van der Waals surface area contributed by atoms with Crippen LogP contribution in [0.3, 0.4) is 0 Å². The Balaban J connectivity index is 2.01. The lowest BCUT2D eigenvalue weighted by Gasteiger charge is -2.26. The third-order valence-corrected chi connectivity index (χ3v) is 5.33. The first-order valence-electron chi connectivity index (χ1n) is 9.96. The van der Waals surface area contributed by atoms with Crippen LogP contribution >= 0.6 is 0 Å². The Morgan fingerprint density at radius 3 is 2.57 bits per heavy atom. The van der Waals surface area contributed by atoms with Gasteiger partial charge in [0.2, 0.25) is 0 Å². The summed E-state index contributed by atoms with van der Waals surface area (Å²) in [6.45, 7) is 10.7. The number of aryl methyl sites for hydroxylation is 2. The quantitative estimate of drug-likeness (QED) is 0.563. The number of likely N-dealkylation sites (tertiary alicyclic amines) is 1. The number of rotatable bonds is 7. The number of hydrogen-bond acceptors (Lipinski definition) is 3. The Morgan fingerprint density at radius 1 is 1.32 bits per heavy atom. The molecule has 0 aliphatic carbocycles. The number of aliphatic imine (C=N–C) groups is 1. The van der Waals surface area contributed by atoms with Gasteiger partial charge in [-0.25, -0.2) is 4.99 Å². The zero-order valence-corrected chi connectivity index (χ0v) is 17.6. The maximum Gasteiger partial charge on any atom is 0.401 e. The second-order valence-electron chi connectivity index (χ2n) is 7.49. The van der Waals surface area contributed by atoms with Crippen molar-refractivity contribution in [2.75, 3.05) is 39.3 Å². The zero-order chi connectivity index (χ0) is 20.9. The van der Waals surface area contributed by atoms with Gasteiger partial charge < -0.3 is 10.2 Å². The fraction of sp³-hybridized carbons (Fsp3) is 0.789. The fourth-order valence-electron chi connectivity index (χ4n) is 3.72. The number of halogens is 3. The third kappa shape index (κ3) is 6.12. The molecule has 1 aliphatic heterocycles. The van der Waals surface area contributed by atoms with Crippen molar-refractivity contribution in [2.24, 2.45) is 18.0 Å². The van der Waals surface area contributed by atoms with Crippen molar-refractivity contribution in [1.82, 2.24) is 24.9 Å². The van der Waals surface area contributed by atoms with Crippen LogP contribution in [0.1, 0.15) is 37.2 Å². The van der Waals surface area contributed by atoms with Crippen LogP contribution in [0, 0.1) is 19.8 Å². The van der Waals surface area contributed by atoms with E-state index < -0.39 is 12.7 Å². The lowest BCUT2D eigenvalue weighted by molar-refractivity contribution is -0.146. The van der Waals surface area contributed by atoms with Crippen LogP contribution < -0.4 is 5.32 Å². The molecule has 0 bridgehead atoms. The van der Waals surface area contributed by atoms with E-state index in [4.69, 9.17) is 4.99 Å². The second kappa shape index (κ2) is 9.62. The van der Waals surface area contributed by atoms with Crippen LogP contribution in [-0.4, -0.2) is 71.0 Å². The minimum Gasteiger partial charge on any atom is -0.357 e. The Bertz CT molecular complexity index is 667. The largest absolute Gasteiger partial charge is 0.401 e. The predicted molar refractivity (Wildman–Crippen MR) is 105 cm³/mol. The molecule has 160 valence electrons. The van der Waals surface area contributed by atoms with E-state index in [0.29, 0.717) is 19.6 Å². The molecule has 1 aromatic rings. The lowest BCUT2D eigenvalue weighted by atomic mass is 10.1. The first-order valence-corrected chi connectivity index (χ1v) is 9.96. The second-order valence-corrected chi connectivity index (χ2v) is 7.49. The molecule has 1 aromatic heterocycles. The molecular weight excluding hydrogens is 369 g/mol. The molecule has 0 saturated carbocycles. The minimum absolute atomic E-state index is 0.216. The van der Waals surface area contributed by atoms with Crippen molar-refractivity contribution in [3.8, 4) is 0 Å². The third-order valence-electron chi connectivity index (χ3n) is 5.33. The summed E-state index contributed by atoms with van der Waals surface area (Å²) in [6, 6.07) is 0. The highest BCUT2D eigenvalue weighted by molar-refractivity contribution is 5.80. The Kier molecular flexibility index (Phi) is 7.74. The summed E-state index contributed by atoms with van der Waals surface area (Å²) in [7, 11) is 1.92. The van der Waals surface area contributed by atoms with Gasteiger partial charge in [0.25, 0.3) is 0 Å². The van der Waals surface area contributed by atoms with Crippen molar-refractivity contribution >= 4 is 5.96 Å². The number of nitrogens with one attached hydrogen (secondary N) is 1. The van der Waals surface area contributed by atoms with Gasteiger partial charge in [-0.15, -0.1) is 0 Å². The molecule has 1 N–H and O–H groups in total. The van der Waals surface area contributed by atoms with Gasteiger partial charge in [-0.1, -0.05) is 6.92 Å². The smallest absolute Gasteiger partial charge is 0.357 e. The highest BCUT2D eigenvalue weighted by Gasteiger charge is 2.33. The van der Waals surface area contributed by atoms with E-state index in [1.807, 2.05) is 32.5 Å². The molecule has 1 unspecified atom stereocenters. The summed E-state index contributed by atoms with van der Waals surface area (Å²) < 4.78 is 40.0. The summed E-state index contributed by atoms with van der Waals surface area (Å²) in [5, 5.41) is 7.75. The summed E-state index contributed by atoms with van der Waals surface area (Å²) in [4.78, 5) is 8.43. The van der Waals surface area contributed by atoms with E-state index in [1.54, 1.807) is 6.92 Å². The van der Waals surface area contributed by atoms with E-state index in [0.717, 1.165) is 49.0 Å². The number of alkyl halides is 3. The van der Waals surface area contributed by atoms with Gasteiger partial charge in [-0.05, 0) is 39.7 Å². The van der Waals surface area contributed by atoms with E-state index >= 15 is 0 Å². The summed E-state index contributed by atoms with van der Waals surface area (Å²) in [6.07, 6.45) is -3.27. The molecule has 0 aromatic carbocycles. The highest BCUT2D eigenvalue weighted by atomic mass is 19.4. The number of guanidine groups is 1. The van der Waals surface area contributed by atoms with Gasteiger partial charge in [0.1, 0.15) is 0 Å². The highest BCUT2D eigenvalue weighted by Crippen LogP contribution is 2.22. The maximum absolute atomic E-state index is 12.7. The molecule has 28 heavy (non-hydrogen) atoms. The van der Waals surface area contributed by atoms with Gasteiger partial charge in [0.05, 0.1) is 18.8 Å². The van der Waals surface area contributed by atoms with E-state index in [1.165, 1.54) is 4.90 Å². The molecule has 2 rings (SSSR count). The van der Waals surface area contributed by atoms with Crippen molar-refractivity contribution < 1.29 is 13.2 Å². The van der Waals surface area contributed by atoms with Crippen LogP contribution in [0.25, 0.3) is 0 Å². The number of aromatic nitrogens is 2. The van der Waals surface area contributed by atoms with Crippen LogP contribution in [0.2, 0.25) is 0 Å². The first-order chi connectivity index (χ1) is 13.1. The Hall–Kier alpha value is -1.77. The summed E-state index contributed by atoms with van der Waals surface area (Å²) in [5.41, 5.74) is 3.20. The SMILES string of the molecule is CCNC(=NCc1c(C)nn(C)c1C)N1CCC(CN(CC)CC(F)(F)F)C1. The van der Waals surface area contributed by atoms with Gasteiger partial charge in [-0.2, -0.15) is 18.3 Å². The lowest BCUT2D eigenvalue weighted by Crippen LogP contribution is -2.41. The average molecular weight is 403 g/mol. The monoisotopic (exact) mass is 402 g/mol. The van der Waals surface area contributed by atoms with Gasteiger partial charge in [0.15, 0.2) is 5.96 Å². The molecule has 1 saturated heterocycles. The topological polar surface area (TPSA) is 48.7 Å². The molecule has 0 spiro atoms. The molecule has 1 aliphatic rings. The number of nitrogens with zero attached hydrogens (tertiary/aromatic N) is 5. The average Bonchev–Trinajstić information content (AvgIpc) is 3.15. The van der Waals surface area contributed by atoms with Gasteiger partial charge >= 0.3 is 6.18 Å². The van der Waals surface area contributed by atoms with E-state index in [9.17, 15) is 13.2 Å². The van der Waals surface area contributed by atoms with E-state index in [-0.39, 0.29) is 5.92 Å². The van der Waals surface area contributed by atoms with Crippen LogP contribution in [0.4, 0.5) is 13.2 Å². The van der Waals surface area contributed by atoms with E-state index in [2.05, 4.69) is 15.3 Å². The molecule has 1 fully saturated rings. The van der Waals surface area contributed by atoms with Gasteiger partial charge in [-0.3, -0.25) is 9.58 Å². The molecule has 0 radical (unpaired) electrons. The minimum atomic E-state index is -4.15. The molecular formula is C19H33F3N6. The van der Waals surface area contributed by atoms with Crippen LogP contribution in [0.15, 0.2) is 4.99 Å². The Morgan fingerprint density at radius 2 is 2.04 bits per heavy atom. The van der Waals surface area contributed by atoms with Crippen molar-refractivity contribution in [2.45, 2.75) is 46.8 Å². The molecule has 2 heterocycles. The summed E-state index contributed by atoms with van der Waals surface area (Å²) >= 11 is 0. The predicted octanol–water partition coefficient (Wildman–Crippen LogP) is 2.71. The molecule has 0 amide bonds. The van der Waals surface area contributed by atoms with Crippen molar-refractivity contribution in [3.05, 3.63) is 17.0 Å². The van der Waals surface area contributed by atoms with Gasteiger partial charge in [0, 0.05) is 44.5 Å². The molecule has 6 nitrogen and oxygen atoms in total. The Labute approximate surface area is 165 Å². The molecule has 1 atom stereocenters.